The summed E-state index contributed by atoms with van der Waals surface area (Å²) in [5.41, 5.74) is 2.89. The van der Waals surface area contributed by atoms with Gasteiger partial charge in [0.25, 0.3) is 5.91 Å². The number of rotatable bonds is 2. The van der Waals surface area contributed by atoms with Crippen molar-refractivity contribution in [2.75, 3.05) is 26.7 Å². The molecule has 0 aromatic heterocycles. The van der Waals surface area contributed by atoms with Crippen LogP contribution in [0.15, 0.2) is 42.5 Å². The number of aryl methyl sites for hydroxylation is 1. The molecular formula is C21H24ClFN2O2. The van der Waals surface area contributed by atoms with Crippen molar-refractivity contribution >= 4 is 18.3 Å². The zero-order valence-corrected chi connectivity index (χ0v) is 16.2. The summed E-state index contributed by atoms with van der Waals surface area (Å²) in [5, 5.41) is 9.33. The first-order valence-corrected chi connectivity index (χ1v) is 8.99. The van der Waals surface area contributed by atoms with E-state index in [4.69, 9.17) is 0 Å². The van der Waals surface area contributed by atoms with E-state index in [1.807, 2.05) is 4.90 Å². The van der Waals surface area contributed by atoms with E-state index >= 15 is 0 Å². The average Bonchev–Trinajstić information content (AvgIpc) is 3.14. The lowest BCUT2D eigenvalue weighted by atomic mass is 9.88. The molecule has 2 aliphatic heterocycles. The predicted octanol–water partition coefficient (Wildman–Crippen LogP) is 3.64. The summed E-state index contributed by atoms with van der Waals surface area (Å²) in [5.74, 6) is -0.541. The highest BCUT2D eigenvalue weighted by Crippen LogP contribution is 2.45. The summed E-state index contributed by atoms with van der Waals surface area (Å²) in [7, 11) is 2.15. The molecule has 3 atom stereocenters. The molecular weight excluding hydrogens is 367 g/mol. The van der Waals surface area contributed by atoms with Gasteiger partial charge in [0.1, 0.15) is 0 Å². The third-order valence-electron chi connectivity index (χ3n) is 5.88. The number of phenols is 1. The Morgan fingerprint density at radius 3 is 2.59 bits per heavy atom. The number of hydrogen-bond acceptors (Lipinski definition) is 3. The van der Waals surface area contributed by atoms with Crippen LogP contribution in [0.3, 0.4) is 0 Å². The molecule has 2 aliphatic rings. The van der Waals surface area contributed by atoms with Gasteiger partial charge < -0.3 is 10.0 Å². The Bertz CT molecular complexity index is 860. The summed E-state index contributed by atoms with van der Waals surface area (Å²) < 4.78 is 13.6. The lowest BCUT2D eigenvalue weighted by Gasteiger charge is -2.28. The minimum Gasteiger partial charge on any atom is -0.505 e. The van der Waals surface area contributed by atoms with Crippen molar-refractivity contribution in [3.8, 4) is 5.75 Å². The molecule has 2 fully saturated rings. The van der Waals surface area contributed by atoms with Crippen molar-refractivity contribution < 1.29 is 14.3 Å². The SMILES string of the molecule is Cc1ccccc1[C@@H]1[C@@H]2CN(C(=O)c3ccc(O)c(F)c3)C[C@@H]2CN1C.Cl. The maximum Gasteiger partial charge on any atom is 0.253 e. The molecule has 1 amide bonds. The zero-order chi connectivity index (χ0) is 18.4. The van der Waals surface area contributed by atoms with Gasteiger partial charge in [-0.05, 0) is 49.2 Å². The number of phenolic OH excluding ortho intramolecular Hbond substituents is 1. The summed E-state index contributed by atoms with van der Waals surface area (Å²) >= 11 is 0. The fourth-order valence-corrected chi connectivity index (χ4v) is 4.63. The van der Waals surface area contributed by atoms with E-state index in [1.54, 1.807) is 0 Å². The fourth-order valence-electron chi connectivity index (χ4n) is 4.63. The van der Waals surface area contributed by atoms with Gasteiger partial charge in [0.05, 0.1) is 0 Å². The topological polar surface area (TPSA) is 43.8 Å². The Morgan fingerprint density at radius 2 is 1.89 bits per heavy atom. The summed E-state index contributed by atoms with van der Waals surface area (Å²) in [6.45, 7) is 4.46. The van der Waals surface area contributed by atoms with Gasteiger partial charge in [0.2, 0.25) is 0 Å². The molecule has 4 nitrogen and oxygen atoms in total. The van der Waals surface area contributed by atoms with E-state index < -0.39 is 11.6 Å². The van der Waals surface area contributed by atoms with Gasteiger partial charge in [-0.2, -0.15) is 0 Å². The molecule has 144 valence electrons. The van der Waals surface area contributed by atoms with Crippen LogP contribution in [0, 0.1) is 24.6 Å². The molecule has 0 bridgehead atoms. The normalized spacial score (nSPS) is 24.6. The van der Waals surface area contributed by atoms with Crippen LogP contribution in [-0.2, 0) is 0 Å². The summed E-state index contributed by atoms with van der Waals surface area (Å²) in [6.07, 6.45) is 0. The number of fused-ring (bicyclic) bond motifs is 1. The van der Waals surface area contributed by atoms with Crippen LogP contribution in [0.25, 0.3) is 0 Å². The maximum absolute atomic E-state index is 13.6. The number of nitrogens with zero attached hydrogens (tertiary/aromatic N) is 2. The lowest BCUT2D eigenvalue weighted by molar-refractivity contribution is 0.0767. The van der Waals surface area contributed by atoms with Crippen molar-refractivity contribution in [1.29, 1.82) is 0 Å². The first-order chi connectivity index (χ1) is 12.5. The van der Waals surface area contributed by atoms with Crippen molar-refractivity contribution in [3.05, 3.63) is 65.0 Å². The quantitative estimate of drug-likeness (QED) is 0.851. The van der Waals surface area contributed by atoms with E-state index in [2.05, 4.69) is 43.1 Å². The van der Waals surface area contributed by atoms with Crippen LogP contribution in [0.2, 0.25) is 0 Å². The van der Waals surface area contributed by atoms with Crippen molar-refractivity contribution in [1.82, 2.24) is 9.80 Å². The number of likely N-dealkylation sites (tertiary alicyclic amines) is 2. The Kier molecular flexibility index (Phi) is 5.45. The zero-order valence-electron chi connectivity index (χ0n) is 15.4. The van der Waals surface area contributed by atoms with Gasteiger partial charge in [0.15, 0.2) is 11.6 Å². The molecule has 0 radical (unpaired) electrons. The Balaban J connectivity index is 0.00000210. The molecule has 4 rings (SSSR count). The molecule has 0 unspecified atom stereocenters. The van der Waals surface area contributed by atoms with E-state index in [0.29, 0.717) is 36.5 Å². The van der Waals surface area contributed by atoms with Crippen molar-refractivity contribution in [2.45, 2.75) is 13.0 Å². The Labute approximate surface area is 165 Å². The highest BCUT2D eigenvalue weighted by Gasteiger charge is 2.47. The third-order valence-corrected chi connectivity index (χ3v) is 5.88. The molecule has 0 spiro atoms. The molecule has 2 aromatic carbocycles. The smallest absolute Gasteiger partial charge is 0.253 e. The van der Waals surface area contributed by atoms with Gasteiger partial charge in [-0.25, -0.2) is 4.39 Å². The number of benzene rings is 2. The standard InChI is InChI=1S/C21H23FN2O2.ClH/c1-13-5-3-4-6-16(13)20-17-12-24(11-15(17)10-23(20)2)21(26)14-7-8-19(25)18(22)9-14;/h3-9,15,17,20,25H,10-12H2,1-2H3;1H/t15-,17+,20+;/m0./s1. The van der Waals surface area contributed by atoms with Crippen LogP contribution < -0.4 is 0 Å². The van der Waals surface area contributed by atoms with Gasteiger partial charge >= 0.3 is 0 Å². The first-order valence-electron chi connectivity index (χ1n) is 8.99. The molecule has 2 aromatic rings. The van der Waals surface area contributed by atoms with E-state index in [1.165, 1.54) is 23.3 Å². The van der Waals surface area contributed by atoms with Gasteiger partial charge in [-0.1, -0.05) is 24.3 Å². The minimum absolute atomic E-state index is 0. The largest absolute Gasteiger partial charge is 0.505 e. The van der Waals surface area contributed by atoms with E-state index in [0.717, 1.165) is 12.6 Å². The number of hydrogen-bond donors (Lipinski definition) is 1. The van der Waals surface area contributed by atoms with Gasteiger partial charge in [-0.3, -0.25) is 9.69 Å². The highest BCUT2D eigenvalue weighted by molar-refractivity contribution is 5.94. The molecule has 6 heteroatoms. The molecule has 0 aliphatic carbocycles. The fraction of sp³-hybridized carbons (Fsp3) is 0.381. The average molecular weight is 391 g/mol. The first kappa shape index (κ1) is 19.6. The van der Waals surface area contributed by atoms with Crippen molar-refractivity contribution in [2.24, 2.45) is 11.8 Å². The molecule has 0 saturated carbocycles. The maximum atomic E-state index is 13.6. The number of carbonyl (C=O) groups excluding carboxylic acids is 1. The van der Waals surface area contributed by atoms with Gasteiger partial charge in [0, 0.05) is 37.2 Å². The van der Waals surface area contributed by atoms with Crippen LogP contribution in [0.5, 0.6) is 5.75 Å². The van der Waals surface area contributed by atoms with Crippen LogP contribution in [0.4, 0.5) is 4.39 Å². The minimum atomic E-state index is -0.757. The van der Waals surface area contributed by atoms with E-state index in [-0.39, 0.29) is 18.3 Å². The molecule has 2 heterocycles. The van der Waals surface area contributed by atoms with E-state index in [9.17, 15) is 14.3 Å². The predicted molar refractivity (Wildman–Crippen MR) is 105 cm³/mol. The number of amides is 1. The number of carbonyl (C=O) groups is 1. The van der Waals surface area contributed by atoms with Crippen LogP contribution in [-0.4, -0.2) is 47.5 Å². The molecule has 27 heavy (non-hydrogen) atoms. The summed E-state index contributed by atoms with van der Waals surface area (Å²) in [4.78, 5) is 17.0. The second kappa shape index (κ2) is 7.49. The third kappa shape index (κ3) is 3.42. The van der Waals surface area contributed by atoms with Gasteiger partial charge in [-0.15, -0.1) is 12.4 Å². The highest BCUT2D eigenvalue weighted by atomic mass is 35.5. The second-order valence-electron chi connectivity index (χ2n) is 7.54. The molecule has 1 N–H and O–H groups in total. The Morgan fingerprint density at radius 1 is 1.15 bits per heavy atom. The number of aromatic hydroxyl groups is 1. The van der Waals surface area contributed by atoms with Crippen LogP contribution >= 0.6 is 12.4 Å². The second-order valence-corrected chi connectivity index (χ2v) is 7.54. The van der Waals surface area contributed by atoms with Crippen LogP contribution in [0.1, 0.15) is 27.5 Å². The van der Waals surface area contributed by atoms with Crippen molar-refractivity contribution in [3.63, 3.8) is 0 Å². The monoisotopic (exact) mass is 390 g/mol. The Hall–Kier alpha value is -2.11. The molecule has 2 saturated heterocycles. The number of halogens is 2. The summed E-state index contributed by atoms with van der Waals surface area (Å²) in [6, 6.07) is 12.6. The lowest BCUT2D eigenvalue weighted by Crippen LogP contribution is -2.33.